The van der Waals surface area contributed by atoms with E-state index in [9.17, 15) is 14.7 Å². The molecule has 3 fully saturated rings. The molecule has 216 valence electrons. The first-order chi connectivity index (χ1) is 19.9. The van der Waals surface area contributed by atoms with Crippen molar-refractivity contribution in [1.82, 2.24) is 5.32 Å². The standard InChI is InChI=1S/C33H38N2O6/c1-39-28-16-9-15-27(30(28)40-2)31(36)34-19-10-20-35-21-17-24(18-22-35)29(23-35)41-32(37)33(38,25-11-5-3-6-12-25)26-13-7-4-8-14-26/h3-9,11-16,24,29H,10,17-23H2,1-2H3,(H,34,36). The average molecular weight is 559 g/mol. The predicted octanol–water partition coefficient (Wildman–Crippen LogP) is 3.28. The number of benzene rings is 3. The van der Waals surface area contributed by atoms with Crippen molar-refractivity contribution in [1.29, 1.82) is 0 Å². The van der Waals surface area contributed by atoms with E-state index in [-0.39, 0.29) is 17.9 Å². The fourth-order valence-electron chi connectivity index (χ4n) is 6.42. The Hall–Kier alpha value is -3.88. The van der Waals surface area contributed by atoms with Crippen molar-refractivity contribution in [2.24, 2.45) is 5.92 Å². The number of hydrogen-bond donors (Lipinski definition) is 1. The van der Waals surface area contributed by atoms with Crippen molar-refractivity contribution in [2.75, 3.05) is 46.9 Å². The third-order valence-electron chi connectivity index (χ3n) is 8.69. The molecule has 3 aromatic rings. The van der Waals surface area contributed by atoms with E-state index < -0.39 is 11.6 Å². The van der Waals surface area contributed by atoms with Crippen molar-refractivity contribution >= 4 is 11.9 Å². The van der Waals surface area contributed by atoms with E-state index in [1.54, 1.807) is 73.8 Å². The summed E-state index contributed by atoms with van der Waals surface area (Å²) >= 11 is 0. The first-order valence-electron chi connectivity index (χ1n) is 14.3. The molecule has 6 rings (SSSR count). The Labute approximate surface area is 241 Å². The van der Waals surface area contributed by atoms with Crippen LogP contribution in [-0.4, -0.2) is 69.4 Å². The molecular weight excluding hydrogens is 520 g/mol. The van der Waals surface area contributed by atoms with E-state index in [4.69, 9.17) is 14.2 Å². The maximum atomic E-state index is 14.3. The Morgan fingerprint density at radius 1 is 0.902 bits per heavy atom. The van der Waals surface area contributed by atoms with Gasteiger partial charge in [0.05, 0.1) is 39.4 Å². The second kappa shape index (κ2) is 12.3. The fraction of sp³-hybridized carbons (Fsp3) is 0.394. The minimum atomic E-state index is -2.13. The second-order valence-corrected chi connectivity index (χ2v) is 11.0. The topological polar surface area (TPSA) is 96.9 Å². The molecule has 3 aliphatic rings. The number of amides is 1. The van der Waals surface area contributed by atoms with E-state index in [2.05, 4.69) is 5.32 Å². The van der Waals surface area contributed by atoms with Crippen molar-refractivity contribution in [3.63, 3.8) is 0 Å². The van der Waals surface area contributed by atoms with Gasteiger partial charge in [-0.1, -0.05) is 66.7 Å². The van der Waals surface area contributed by atoms with E-state index in [1.165, 1.54) is 7.11 Å². The molecule has 3 saturated heterocycles. The van der Waals surface area contributed by atoms with Crippen molar-refractivity contribution < 1.29 is 33.4 Å². The molecule has 8 heteroatoms. The van der Waals surface area contributed by atoms with Crippen LogP contribution in [0.15, 0.2) is 78.9 Å². The lowest BCUT2D eigenvalue weighted by atomic mass is 9.82. The highest BCUT2D eigenvalue weighted by atomic mass is 16.6. The summed E-state index contributed by atoms with van der Waals surface area (Å²) in [6.45, 7) is 4.08. The van der Waals surface area contributed by atoms with Gasteiger partial charge in [-0.3, -0.25) is 9.59 Å². The number of para-hydroxylation sites is 1. The second-order valence-electron chi connectivity index (χ2n) is 11.0. The van der Waals surface area contributed by atoms with Crippen LogP contribution >= 0.6 is 0 Å². The number of ether oxygens (including phenoxy) is 3. The molecule has 1 amide bonds. The summed E-state index contributed by atoms with van der Waals surface area (Å²) in [5, 5.41) is 17.3. The van der Waals surface area contributed by atoms with E-state index in [1.807, 2.05) is 12.1 Å². The summed E-state index contributed by atoms with van der Waals surface area (Å²) in [6, 6.07) is 22.8. The summed E-state index contributed by atoms with van der Waals surface area (Å²) < 4.78 is 17.6. The van der Waals surface area contributed by atoms with Crippen molar-refractivity contribution in [3.05, 3.63) is 95.6 Å². The molecule has 0 aliphatic carbocycles. The monoisotopic (exact) mass is 558 g/mol. The number of nitrogens with one attached hydrogen (secondary N) is 1. The van der Waals surface area contributed by atoms with Gasteiger partial charge in [0.1, 0.15) is 6.54 Å². The molecule has 1 N–H and O–H groups in total. The number of carbonyl (C=O) groups excluding carboxylic acids is 2. The normalized spacial score (nSPS) is 21.6. The predicted molar refractivity (Wildman–Crippen MR) is 152 cm³/mol. The quantitative estimate of drug-likeness (QED) is 0.221. The van der Waals surface area contributed by atoms with Crippen LogP contribution in [0.2, 0.25) is 0 Å². The number of esters is 1. The van der Waals surface area contributed by atoms with Gasteiger partial charge in [-0.15, -0.1) is 0 Å². The fourth-order valence-corrected chi connectivity index (χ4v) is 6.42. The third-order valence-corrected chi connectivity index (χ3v) is 8.69. The SMILES string of the molecule is COc1cccc(C(=O)NCCC[N+]23CCC(CC2)C(OC(=O)C([O-])(c2ccccc2)c2ccccc2)C3)c1OC. The van der Waals surface area contributed by atoms with Gasteiger partial charge in [0.15, 0.2) is 17.6 Å². The maximum absolute atomic E-state index is 14.3. The van der Waals surface area contributed by atoms with Crippen LogP contribution in [-0.2, 0) is 15.1 Å². The maximum Gasteiger partial charge on any atom is 0.304 e. The van der Waals surface area contributed by atoms with Crippen molar-refractivity contribution in [2.45, 2.75) is 31.0 Å². The molecule has 1 unspecified atom stereocenters. The largest absolute Gasteiger partial charge is 0.834 e. The Morgan fingerprint density at radius 3 is 2.12 bits per heavy atom. The molecule has 3 aromatic carbocycles. The zero-order valence-electron chi connectivity index (χ0n) is 23.7. The molecule has 3 heterocycles. The van der Waals surface area contributed by atoms with Crippen LogP contribution in [0.4, 0.5) is 0 Å². The number of carbonyl (C=O) groups is 2. The summed E-state index contributed by atoms with van der Waals surface area (Å²) in [5.41, 5.74) is -0.942. The third kappa shape index (κ3) is 5.80. The molecule has 1 atom stereocenters. The minimum Gasteiger partial charge on any atom is -0.834 e. The first kappa shape index (κ1) is 28.6. The van der Waals surface area contributed by atoms with Crippen LogP contribution in [0.5, 0.6) is 11.5 Å². The van der Waals surface area contributed by atoms with Crippen molar-refractivity contribution in [3.8, 4) is 11.5 Å². The molecule has 0 radical (unpaired) electrons. The summed E-state index contributed by atoms with van der Waals surface area (Å²) in [6.07, 6.45) is 2.38. The molecule has 8 nitrogen and oxygen atoms in total. The molecule has 0 saturated carbocycles. The number of hydrogen-bond acceptors (Lipinski definition) is 6. The molecule has 2 bridgehead atoms. The Balaban J connectivity index is 1.22. The number of nitrogens with zero attached hydrogens (tertiary/aromatic N) is 1. The number of quaternary nitrogens is 1. The molecule has 0 spiro atoms. The Kier molecular flexibility index (Phi) is 8.61. The molecule has 3 aliphatic heterocycles. The summed E-state index contributed by atoms with van der Waals surface area (Å²) in [5.74, 6) is 0.231. The zero-order chi connectivity index (χ0) is 28.9. The van der Waals surface area contributed by atoms with Gasteiger partial charge in [0, 0.05) is 37.3 Å². The number of fused-ring (bicyclic) bond motifs is 3. The lowest BCUT2D eigenvalue weighted by molar-refractivity contribution is -0.946. The highest BCUT2D eigenvalue weighted by molar-refractivity contribution is 5.97. The van der Waals surface area contributed by atoms with Gasteiger partial charge in [-0.2, -0.15) is 0 Å². The zero-order valence-corrected chi connectivity index (χ0v) is 23.7. The number of rotatable bonds is 11. The van der Waals surface area contributed by atoms with Crippen LogP contribution in [0.25, 0.3) is 0 Å². The van der Waals surface area contributed by atoms with E-state index >= 15 is 0 Å². The smallest absolute Gasteiger partial charge is 0.304 e. The Bertz CT molecular complexity index is 1300. The highest BCUT2D eigenvalue weighted by Gasteiger charge is 2.48. The molecule has 0 aromatic heterocycles. The van der Waals surface area contributed by atoms with Crippen LogP contribution in [0, 0.1) is 5.92 Å². The number of methoxy groups -OCH3 is 2. The minimum absolute atomic E-state index is 0.210. The summed E-state index contributed by atoms with van der Waals surface area (Å²) in [7, 11) is 3.06. The van der Waals surface area contributed by atoms with Gasteiger partial charge in [-0.05, 0) is 23.3 Å². The van der Waals surface area contributed by atoms with E-state index in [0.717, 1.165) is 43.4 Å². The van der Waals surface area contributed by atoms with Gasteiger partial charge < -0.3 is 29.1 Å². The first-order valence-corrected chi connectivity index (χ1v) is 14.3. The summed E-state index contributed by atoms with van der Waals surface area (Å²) in [4.78, 5) is 26.5. The lowest BCUT2D eigenvalue weighted by Gasteiger charge is -2.53. The molecular formula is C33H38N2O6. The average Bonchev–Trinajstić information content (AvgIpc) is 3.03. The van der Waals surface area contributed by atoms with Gasteiger partial charge in [0.25, 0.3) is 5.91 Å². The van der Waals surface area contributed by atoms with Crippen LogP contribution < -0.4 is 19.9 Å². The van der Waals surface area contributed by atoms with Gasteiger partial charge in [0.2, 0.25) is 0 Å². The van der Waals surface area contributed by atoms with Crippen LogP contribution in [0.1, 0.15) is 40.7 Å². The molecule has 41 heavy (non-hydrogen) atoms. The highest BCUT2D eigenvalue weighted by Crippen LogP contribution is 2.38. The van der Waals surface area contributed by atoms with Gasteiger partial charge >= 0.3 is 5.97 Å². The number of piperidine rings is 3. The Morgan fingerprint density at radius 2 is 1.54 bits per heavy atom. The van der Waals surface area contributed by atoms with E-state index in [0.29, 0.717) is 41.3 Å². The van der Waals surface area contributed by atoms with Crippen LogP contribution in [0.3, 0.4) is 0 Å². The van der Waals surface area contributed by atoms with Gasteiger partial charge in [-0.25, -0.2) is 0 Å². The lowest BCUT2D eigenvalue weighted by Crippen LogP contribution is -2.65.